The zero-order chi connectivity index (χ0) is 19.2. The molecule has 1 saturated heterocycles. The van der Waals surface area contributed by atoms with Crippen molar-refractivity contribution in [2.75, 3.05) is 25.0 Å². The summed E-state index contributed by atoms with van der Waals surface area (Å²) in [5.41, 5.74) is 1.57. The lowest BCUT2D eigenvalue weighted by Crippen LogP contribution is -2.39. The van der Waals surface area contributed by atoms with Gasteiger partial charge in [-0.15, -0.1) is 0 Å². The maximum absolute atomic E-state index is 13.3. The second-order valence-electron chi connectivity index (χ2n) is 7.28. The Morgan fingerprint density at radius 1 is 1.22 bits per heavy atom. The highest BCUT2D eigenvalue weighted by Crippen LogP contribution is 2.28. The van der Waals surface area contributed by atoms with Crippen molar-refractivity contribution in [3.8, 4) is 0 Å². The van der Waals surface area contributed by atoms with Crippen molar-refractivity contribution in [1.29, 1.82) is 0 Å². The summed E-state index contributed by atoms with van der Waals surface area (Å²) < 4.78 is 13.3. The first-order valence-electron chi connectivity index (χ1n) is 9.50. The molecule has 2 aromatic carbocycles. The van der Waals surface area contributed by atoms with Crippen LogP contribution in [0.1, 0.15) is 37.7 Å². The minimum absolute atomic E-state index is 0.178. The fraction of sp³-hybridized carbons (Fsp3) is 0.429. The van der Waals surface area contributed by atoms with Crippen molar-refractivity contribution in [2.24, 2.45) is 0 Å². The van der Waals surface area contributed by atoms with Crippen LogP contribution in [0.15, 0.2) is 48.5 Å². The minimum Gasteiger partial charge on any atom is -0.377 e. The number of halogens is 1. The number of hydrogen-bond acceptors (Lipinski definition) is 4. The molecule has 144 valence electrons. The summed E-state index contributed by atoms with van der Waals surface area (Å²) in [6.45, 7) is 5.25. The minimum atomic E-state index is -0.588. The number of piperidine rings is 1. The van der Waals surface area contributed by atoms with Gasteiger partial charge in [-0.05, 0) is 49.4 Å². The first-order valence-corrected chi connectivity index (χ1v) is 9.50. The summed E-state index contributed by atoms with van der Waals surface area (Å²) in [4.78, 5) is 13.0. The lowest BCUT2D eigenvalue weighted by molar-refractivity contribution is -0.384. The maximum Gasteiger partial charge on any atom is 0.295 e. The molecule has 1 aliphatic rings. The number of anilines is 1. The molecule has 0 spiro atoms. The summed E-state index contributed by atoms with van der Waals surface area (Å²) in [5, 5.41) is 14.4. The maximum atomic E-state index is 13.3. The van der Waals surface area contributed by atoms with E-state index in [0.29, 0.717) is 11.6 Å². The molecule has 0 saturated carbocycles. The Morgan fingerprint density at radius 3 is 2.59 bits per heavy atom. The van der Waals surface area contributed by atoms with Crippen molar-refractivity contribution < 1.29 is 9.31 Å². The van der Waals surface area contributed by atoms with Gasteiger partial charge in [0, 0.05) is 19.1 Å². The lowest BCUT2D eigenvalue weighted by Gasteiger charge is -2.33. The smallest absolute Gasteiger partial charge is 0.295 e. The molecule has 27 heavy (non-hydrogen) atoms. The van der Waals surface area contributed by atoms with E-state index in [0.717, 1.165) is 45.0 Å². The Balaban J connectivity index is 1.47. The number of likely N-dealkylation sites (tertiary alicyclic amines) is 1. The second-order valence-corrected chi connectivity index (χ2v) is 7.28. The predicted molar refractivity (Wildman–Crippen MR) is 106 cm³/mol. The number of nitro groups is 1. The van der Waals surface area contributed by atoms with E-state index >= 15 is 0 Å². The van der Waals surface area contributed by atoms with Crippen molar-refractivity contribution in [3.63, 3.8) is 0 Å². The van der Waals surface area contributed by atoms with Gasteiger partial charge in [-0.25, -0.2) is 4.39 Å². The third kappa shape index (κ3) is 5.26. The summed E-state index contributed by atoms with van der Waals surface area (Å²) in [5.74, 6) is -0.0569. The van der Waals surface area contributed by atoms with E-state index < -0.39 is 10.7 Å². The number of benzene rings is 2. The van der Waals surface area contributed by atoms with Gasteiger partial charge in [0.15, 0.2) is 0 Å². The Kier molecular flexibility index (Phi) is 6.40. The third-order valence-corrected chi connectivity index (χ3v) is 5.35. The van der Waals surface area contributed by atoms with Crippen molar-refractivity contribution in [2.45, 2.75) is 38.1 Å². The Hall–Kier alpha value is -2.47. The molecule has 3 rings (SSSR count). The zero-order valence-electron chi connectivity index (χ0n) is 15.6. The van der Waals surface area contributed by atoms with Crippen LogP contribution >= 0.6 is 0 Å². The molecule has 0 aliphatic carbocycles. The van der Waals surface area contributed by atoms with E-state index in [2.05, 4.69) is 41.4 Å². The van der Waals surface area contributed by atoms with Gasteiger partial charge in [-0.3, -0.25) is 10.1 Å². The average Bonchev–Trinajstić information content (AvgIpc) is 2.69. The molecule has 0 bridgehead atoms. The molecule has 0 aromatic heterocycles. The lowest BCUT2D eigenvalue weighted by atomic mass is 9.97. The van der Waals surface area contributed by atoms with Crippen LogP contribution in [0.2, 0.25) is 0 Å². The van der Waals surface area contributed by atoms with Crippen LogP contribution in [0.25, 0.3) is 0 Å². The number of nitrogens with one attached hydrogen (secondary N) is 1. The van der Waals surface area contributed by atoms with Crippen LogP contribution in [-0.2, 0) is 0 Å². The Bertz CT molecular complexity index is 761. The van der Waals surface area contributed by atoms with Crippen molar-refractivity contribution >= 4 is 11.4 Å². The van der Waals surface area contributed by atoms with Gasteiger partial charge in [0.25, 0.3) is 5.69 Å². The first kappa shape index (κ1) is 19.3. The fourth-order valence-corrected chi connectivity index (χ4v) is 3.62. The molecular formula is C21H26FN3O2. The normalized spacial score (nSPS) is 16.8. The van der Waals surface area contributed by atoms with Gasteiger partial charge in [-0.1, -0.05) is 37.3 Å². The van der Waals surface area contributed by atoms with E-state index in [9.17, 15) is 14.5 Å². The molecule has 1 fully saturated rings. The summed E-state index contributed by atoms with van der Waals surface area (Å²) in [6, 6.07) is 14.4. The Morgan fingerprint density at radius 2 is 1.93 bits per heavy atom. The van der Waals surface area contributed by atoms with Crippen LogP contribution in [0.3, 0.4) is 0 Å². The zero-order valence-corrected chi connectivity index (χ0v) is 15.6. The molecule has 0 amide bonds. The molecule has 1 N–H and O–H groups in total. The standard InChI is InChI=1S/C21H26FN3O2/c1-16(17-5-3-2-4-6-17)9-12-24-13-10-19(11-14-24)23-20-8-7-18(22)15-21(20)25(26)27/h2-8,15-16,19,23H,9-14H2,1H3. The highest BCUT2D eigenvalue weighted by atomic mass is 19.1. The van der Waals surface area contributed by atoms with Crippen LogP contribution in [0.5, 0.6) is 0 Å². The average molecular weight is 371 g/mol. The SMILES string of the molecule is CC(CCN1CCC(Nc2ccc(F)cc2[N+](=O)[O-])CC1)c1ccccc1. The van der Waals surface area contributed by atoms with Gasteiger partial charge in [-0.2, -0.15) is 0 Å². The number of nitro benzene ring substituents is 1. The molecule has 5 nitrogen and oxygen atoms in total. The fourth-order valence-electron chi connectivity index (χ4n) is 3.62. The first-order chi connectivity index (χ1) is 13.0. The Labute approximate surface area is 159 Å². The highest BCUT2D eigenvalue weighted by Gasteiger charge is 2.22. The molecule has 6 heteroatoms. The van der Waals surface area contributed by atoms with Crippen LogP contribution in [-0.4, -0.2) is 35.5 Å². The van der Waals surface area contributed by atoms with Gasteiger partial charge < -0.3 is 10.2 Å². The van der Waals surface area contributed by atoms with Gasteiger partial charge >= 0.3 is 0 Å². The third-order valence-electron chi connectivity index (χ3n) is 5.35. The van der Waals surface area contributed by atoms with Gasteiger partial charge in [0.2, 0.25) is 0 Å². The van der Waals surface area contributed by atoms with E-state index in [1.54, 1.807) is 0 Å². The van der Waals surface area contributed by atoms with Crippen LogP contribution < -0.4 is 5.32 Å². The van der Waals surface area contributed by atoms with Crippen molar-refractivity contribution in [1.82, 2.24) is 4.90 Å². The molecule has 1 unspecified atom stereocenters. The molecule has 1 atom stereocenters. The summed E-state index contributed by atoms with van der Waals surface area (Å²) >= 11 is 0. The van der Waals surface area contributed by atoms with Crippen LogP contribution in [0.4, 0.5) is 15.8 Å². The number of rotatable bonds is 7. The van der Waals surface area contributed by atoms with E-state index in [1.807, 2.05) is 6.07 Å². The number of nitrogens with zero attached hydrogens (tertiary/aromatic N) is 2. The van der Waals surface area contributed by atoms with E-state index in [-0.39, 0.29) is 11.7 Å². The predicted octanol–water partition coefficient (Wildman–Crippen LogP) is 4.80. The molecule has 1 heterocycles. The van der Waals surface area contributed by atoms with E-state index in [1.165, 1.54) is 17.7 Å². The van der Waals surface area contributed by atoms with Crippen LogP contribution in [0, 0.1) is 15.9 Å². The second kappa shape index (κ2) is 8.95. The van der Waals surface area contributed by atoms with Crippen molar-refractivity contribution in [3.05, 3.63) is 70.0 Å². The molecule has 1 aliphatic heterocycles. The summed E-state index contributed by atoms with van der Waals surface area (Å²) in [6.07, 6.45) is 2.97. The number of hydrogen-bond donors (Lipinski definition) is 1. The summed E-state index contributed by atoms with van der Waals surface area (Å²) in [7, 11) is 0. The molecule has 2 aromatic rings. The topological polar surface area (TPSA) is 58.4 Å². The highest BCUT2D eigenvalue weighted by molar-refractivity contribution is 5.61. The molecular weight excluding hydrogens is 345 g/mol. The molecule has 0 radical (unpaired) electrons. The van der Waals surface area contributed by atoms with Gasteiger partial charge in [0.05, 0.1) is 11.0 Å². The van der Waals surface area contributed by atoms with E-state index in [4.69, 9.17) is 0 Å². The van der Waals surface area contributed by atoms with Gasteiger partial charge in [0.1, 0.15) is 11.5 Å². The largest absolute Gasteiger partial charge is 0.377 e. The quantitative estimate of drug-likeness (QED) is 0.561. The monoisotopic (exact) mass is 371 g/mol.